The van der Waals surface area contributed by atoms with Crippen molar-refractivity contribution < 1.29 is 4.79 Å². The van der Waals surface area contributed by atoms with Crippen LogP contribution in [-0.4, -0.2) is 48.0 Å². The van der Waals surface area contributed by atoms with E-state index in [4.69, 9.17) is 0 Å². The van der Waals surface area contributed by atoms with E-state index >= 15 is 0 Å². The summed E-state index contributed by atoms with van der Waals surface area (Å²) in [6.07, 6.45) is 13.8. The molecule has 1 aliphatic rings. The number of piperidine rings is 1. The van der Waals surface area contributed by atoms with Gasteiger partial charge in [-0.2, -0.15) is 0 Å². The first-order chi connectivity index (χ1) is 13.7. The van der Waals surface area contributed by atoms with E-state index in [-0.39, 0.29) is 11.8 Å². The lowest BCUT2D eigenvalue weighted by Gasteiger charge is -2.33. The lowest BCUT2D eigenvalue weighted by Crippen LogP contribution is -2.40. The molecule has 0 bridgehead atoms. The van der Waals surface area contributed by atoms with Crippen molar-refractivity contribution in [2.75, 3.05) is 13.1 Å². The number of imidazole rings is 2. The summed E-state index contributed by atoms with van der Waals surface area (Å²) in [5, 5.41) is 0. The van der Waals surface area contributed by atoms with Crippen molar-refractivity contribution in [3.05, 3.63) is 66.5 Å². The number of amides is 1. The average molecular weight is 378 g/mol. The third kappa shape index (κ3) is 4.13. The topological polar surface area (TPSA) is 68.8 Å². The molecule has 4 heterocycles. The fourth-order valence-corrected chi connectivity index (χ4v) is 3.93. The highest BCUT2D eigenvalue weighted by Gasteiger charge is 2.27. The molecule has 1 saturated heterocycles. The molecule has 0 N–H and O–H groups in total. The lowest BCUT2D eigenvalue weighted by molar-refractivity contribution is -0.132. The van der Waals surface area contributed by atoms with Gasteiger partial charge in [-0.05, 0) is 31.4 Å². The van der Waals surface area contributed by atoms with E-state index in [1.165, 1.54) is 0 Å². The van der Waals surface area contributed by atoms with Gasteiger partial charge < -0.3 is 14.0 Å². The third-order valence-corrected chi connectivity index (χ3v) is 5.45. The number of likely N-dealkylation sites (tertiary alicyclic amines) is 1. The van der Waals surface area contributed by atoms with Crippen molar-refractivity contribution in [3.8, 4) is 0 Å². The first-order valence-electron chi connectivity index (χ1n) is 9.86. The minimum atomic E-state index is 0.211. The van der Waals surface area contributed by atoms with Crippen LogP contribution < -0.4 is 0 Å². The van der Waals surface area contributed by atoms with Gasteiger partial charge in [-0.3, -0.25) is 9.78 Å². The summed E-state index contributed by atoms with van der Waals surface area (Å²) in [6, 6.07) is 4.03. The van der Waals surface area contributed by atoms with Crippen molar-refractivity contribution in [1.82, 2.24) is 29.0 Å². The van der Waals surface area contributed by atoms with E-state index < -0.39 is 0 Å². The maximum Gasteiger partial charge on any atom is 0.224 e. The summed E-state index contributed by atoms with van der Waals surface area (Å²) < 4.78 is 4.21. The van der Waals surface area contributed by atoms with Crippen LogP contribution >= 0.6 is 0 Å². The summed E-state index contributed by atoms with van der Waals surface area (Å²) in [5.74, 6) is 2.50. The molecule has 1 aliphatic heterocycles. The Bertz CT molecular complexity index is 916. The number of aromatic nitrogens is 5. The highest BCUT2D eigenvalue weighted by atomic mass is 16.2. The fourth-order valence-electron chi connectivity index (χ4n) is 3.93. The molecule has 7 nitrogen and oxygen atoms in total. The van der Waals surface area contributed by atoms with Gasteiger partial charge in [-0.25, -0.2) is 9.97 Å². The summed E-state index contributed by atoms with van der Waals surface area (Å²) >= 11 is 0. The first kappa shape index (κ1) is 18.4. The van der Waals surface area contributed by atoms with E-state index in [0.29, 0.717) is 13.0 Å². The molecule has 0 spiro atoms. The van der Waals surface area contributed by atoms with Gasteiger partial charge in [0, 0.05) is 69.2 Å². The molecule has 0 saturated carbocycles. The smallest absolute Gasteiger partial charge is 0.224 e. The predicted octanol–water partition coefficient (Wildman–Crippen LogP) is 2.63. The Balaban J connectivity index is 1.39. The molecular weight excluding hydrogens is 352 g/mol. The van der Waals surface area contributed by atoms with E-state index in [9.17, 15) is 4.79 Å². The maximum absolute atomic E-state index is 12.8. The van der Waals surface area contributed by atoms with Gasteiger partial charge in [-0.1, -0.05) is 6.07 Å². The molecular formula is C21H26N6O. The molecule has 3 aromatic heterocycles. The van der Waals surface area contributed by atoms with Crippen LogP contribution in [0.15, 0.2) is 49.3 Å². The second-order valence-corrected chi connectivity index (χ2v) is 7.37. The Morgan fingerprint density at radius 1 is 1.18 bits per heavy atom. The zero-order chi connectivity index (χ0) is 19.3. The van der Waals surface area contributed by atoms with Gasteiger partial charge in [-0.15, -0.1) is 0 Å². The molecule has 28 heavy (non-hydrogen) atoms. The van der Waals surface area contributed by atoms with Crippen molar-refractivity contribution in [2.45, 2.75) is 45.2 Å². The first-order valence-corrected chi connectivity index (χ1v) is 9.86. The van der Waals surface area contributed by atoms with Gasteiger partial charge in [0.25, 0.3) is 0 Å². The molecule has 0 aliphatic carbocycles. The summed E-state index contributed by atoms with van der Waals surface area (Å²) in [5.41, 5.74) is 1.15. The number of aryl methyl sites for hydroxylation is 2. The molecule has 4 rings (SSSR count). The number of hydrogen-bond donors (Lipinski definition) is 0. The molecule has 0 aromatic carbocycles. The van der Waals surface area contributed by atoms with Crippen LogP contribution in [0.1, 0.15) is 42.4 Å². The molecule has 146 valence electrons. The minimum Gasteiger partial charge on any atom is -0.342 e. The van der Waals surface area contributed by atoms with Crippen LogP contribution in [0.25, 0.3) is 0 Å². The Morgan fingerprint density at radius 2 is 2.04 bits per heavy atom. The Kier molecular flexibility index (Phi) is 5.50. The molecule has 1 fully saturated rings. The van der Waals surface area contributed by atoms with Gasteiger partial charge in [0.1, 0.15) is 11.6 Å². The zero-order valence-corrected chi connectivity index (χ0v) is 16.2. The number of carbonyl (C=O) groups is 1. The van der Waals surface area contributed by atoms with Gasteiger partial charge in [0.2, 0.25) is 5.91 Å². The highest BCUT2D eigenvalue weighted by molar-refractivity contribution is 5.76. The number of carbonyl (C=O) groups excluding carboxylic acids is 1. The summed E-state index contributed by atoms with van der Waals surface area (Å²) in [6.45, 7) is 4.98. The molecule has 1 atom stereocenters. The van der Waals surface area contributed by atoms with Crippen LogP contribution in [0.2, 0.25) is 0 Å². The average Bonchev–Trinajstić information content (AvgIpc) is 3.36. The van der Waals surface area contributed by atoms with E-state index in [2.05, 4.69) is 25.6 Å². The van der Waals surface area contributed by atoms with Crippen LogP contribution in [0.5, 0.6) is 0 Å². The van der Waals surface area contributed by atoms with E-state index in [1.807, 2.05) is 47.2 Å². The van der Waals surface area contributed by atoms with Gasteiger partial charge >= 0.3 is 0 Å². The normalized spacial score (nSPS) is 17.0. The lowest BCUT2D eigenvalue weighted by atomic mass is 9.96. The molecule has 1 unspecified atom stereocenters. The summed E-state index contributed by atoms with van der Waals surface area (Å²) in [7, 11) is 0. The summed E-state index contributed by atoms with van der Waals surface area (Å²) in [4.78, 5) is 27.8. The molecule has 7 heteroatoms. The number of nitrogens with zero attached hydrogens (tertiary/aromatic N) is 6. The van der Waals surface area contributed by atoms with Crippen LogP contribution in [0, 0.1) is 6.92 Å². The Labute approximate surface area is 165 Å². The van der Waals surface area contributed by atoms with Crippen molar-refractivity contribution in [2.24, 2.45) is 0 Å². The standard InChI is InChI=1S/C21H26N6O/c1-17-23-8-12-25(17)11-6-20(28)26-10-3-5-19(16-26)21-24-9-13-27(21)15-18-4-2-7-22-14-18/h2,4,7-9,12-14,19H,3,5-6,10-11,15-16H2,1H3. The minimum absolute atomic E-state index is 0.211. The molecule has 0 radical (unpaired) electrons. The van der Waals surface area contributed by atoms with Gasteiger partial charge in [0.05, 0.1) is 6.54 Å². The highest BCUT2D eigenvalue weighted by Crippen LogP contribution is 2.26. The van der Waals surface area contributed by atoms with Crippen molar-refractivity contribution in [1.29, 1.82) is 0 Å². The Hall–Kier alpha value is -2.96. The monoisotopic (exact) mass is 378 g/mol. The fraction of sp³-hybridized carbons (Fsp3) is 0.429. The maximum atomic E-state index is 12.8. The number of rotatable bonds is 6. The van der Waals surface area contributed by atoms with Crippen molar-refractivity contribution in [3.63, 3.8) is 0 Å². The number of hydrogen-bond acceptors (Lipinski definition) is 4. The SMILES string of the molecule is Cc1nccn1CCC(=O)N1CCCC(c2nccn2Cc2cccnc2)C1. The quantitative estimate of drug-likeness (QED) is 0.661. The van der Waals surface area contributed by atoms with Crippen LogP contribution in [0.4, 0.5) is 0 Å². The molecule has 3 aromatic rings. The largest absolute Gasteiger partial charge is 0.342 e. The van der Waals surface area contributed by atoms with Crippen molar-refractivity contribution >= 4 is 5.91 Å². The van der Waals surface area contributed by atoms with E-state index in [1.54, 1.807) is 12.4 Å². The van der Waals surface area contributed by atoms with Crippen LogP contribution in [0.3, 0.4) is 0 Å². The zero-order valence-electron chi connectivity index (χ0n) is 16.2. The predicted molar refractivity (Wildman–Crippen MR) is 106 cm³/mol. The van der Waals surface area contributed by atoms with Crippen LogP contribution in [-0.2, 0) is 17.9 Å². The second-order valence-electron chi connectivity index (χ2n) is 7.37. The number of pyridine rings is 1. The molecule has 1 amide bonds. The van der Waals surface area contributed by atoms with E-state index in [0.717, 1.165) is 49.7 Å². The third-order valence-electron chi connectivity index (χ3n) is 5.45. The second kappa shape index (κ2) is 8.37. The van der Waals surface area contributed by atoms with Gasteiger partial charge in [0.15, 0.2) is 0 Å². The Morgan fingerprint density at radius 3 is 2.82 bits per heavy atom.